The van der Waals surface area contributed by atoms with Crippen molar-refractivity contribution in [1.29, 1.82) is 0 Å². The molecule has 0 aromatic rings. The normalized spacial score (nSPS) is 21.3. The first-order chi connectivity index (χ1) is 7.54. The molecule has 1 heterocycles. The molecule has 90 valence electrons. The number of amides is 2. The number of carbonyl (C=O) groups is 3. The maximum Gasteiger partial charge on any atom is 0.305 e. The van der Waals surface area contributed by atoms with Gasteiger partial charge in [-0.15, -0.1) is 0 Å². The highest BCUT2D eigenvalue weighted by Crippen LogP contribution is 2.08. The standard InChI is InChI=1S/C9H15N3O4/c1-10-7(13)5-12-3-2-11-9(16)6(12)4-8(14)15/h6H,2-5H2,1H3,(H,10,13)(H,11,16)(H,14,15). The Morgan fingerprint density at radius 2 is 2.31 bits per heavy atom. The monoisotopic (exact) mass is 229 g/mol. The molecule has 0 aromatic carbocycles. The molecule has 7 nitrogen and oxygen atoms in total. The Morgan fingerprint density at radius 3 is 2.88 bits per heavy atom. The van der Waals surface area contributed by atoms with Crippen molar-refractivity contribution in [3.05, 3.63) is 0 Å². The lowest BCUT2D eigenvalue weighted by Gasteiger charge is -2.33. The third-order valence-corrected chi connectivity index (χ3v) is 2.44. The number of piperazine rings is 1. The van der Waals surface area contributed by atoms with Crippen LogP contribution in [0, 0.1) is 0 Å². The molecule has 0 spiro atoms. The lowest BCUT2D eigenvalue weighted by atomic mass is 10.1. The van der Waals surface area contributed by atoms with Gasteiger partial charge in [-0.1, -0.05) is 0 Å². The van der Waals surface area contributed by atoms with Crippen LogP contribution in [0.3, 0.4) is 0 Å². The maximum absolute atomic E-state index is 11.5. The van der Waals surface area contributed by atoms with Gasteiger partial charge in [-0.05, 0) is 0 Å². The summed E-state index contributed by atoms with van der Waals surface area (Å²) in [5.41, 5.74) is 0. The highest BCUT2D eigenvalue weighted by molar-refractivity contribution is 5.87. The van der Waals surface area contributed by atoms with Gasteiger partial charge < -0.3 is 15.7 Å². The molecular weight excluding hydrogens is 214 g/mol. The van der Waals surface area contributed by atoms with Crippen LogP contribution < -0.4 is 10.6 Å². The molecule has 1 fully saturated rings. The van der Waals surface area contributed by atoms with Crippen molar-refractivity contribution in [2.24, 2.45) is 0 Å². The quantitative estimate of drug-likeness (QED) is 0.518. The molecule has 1 atom stereocenters. The topological polar surface area (TPSA) is 98.7 Å². The van der Waals surface area contributed by atoms with Crippen LogP contribution in [-0.2, 0) is 14.4 Å². The number of aliphatic carboxylic acids is 1. The molecule has 3 N–H and O–H groups in total. The Morgan fingerprint density at radius 1 is 1.62 bits per heavy atom. The fourth-order valence-electron chi connectivity index (χ4n) is 1.60. The molecule has 0 radical (unpaired) electrons. The highest BCUT2D eigenvalue weighted by Gasteiger charge is 2.32. The van der Waals surface area contributed by atoms with E-state index >= 15 is 0 Å². The number of likely N-dealkylation sites (N-methyl/N-ethyl adjacent to an activating group) is 1. The van der Waals surface area contributed by atoms with Gasteiger partial charge in [0, 0.05) is 20.1 Å². The Hall–Kier alpha value is -1.63. The summed E-state index contributed by atoms with van der Waals surface area (Å²) in [5, 5.41) is 13.7. The molecule has 0 bridgehead atoms. The number of carboxylic acids is 1. The summed E-state index contributed by atoms with van der Waals surface area (Å²) in [7, 11) is 1.50. The molecule has 1 aliphatic heterocycles. The van der Waals surface area contributed by atoms with Crippen LogP contribution in [0.1, 0.15) is 6.42 Å². The smallest absolute Gasteiger partial charge is 0.305 e. The Bertz CT molecular complexity index is 305. The lowest BCUT2D eigenvalue weighted by molar-refractivity contribution is -0.144. The van der Waals surface area contributed by atoms with Gasteiger partial charge >= 0.3 is 5.97 Å². The van der Waals surface area contributed by atoms with Crippen LogP contribution in [0.4, 0.5) is 0 Å². The second kappa shape index (κ2) is 5.45. The lowest BCUT2D eigenvalue weighted by Crippen LogP contribution is -2.57. The fourth-order valence-corrected chi connectivity index (χ4v) is 1.60. The van der Waals surface area contributed by atoms with Gasteiger partial charge in [-0.3, -0.25) is 19.3 Å². The number of rotatable bonds is 4. The predicted molar refractivity (Wildman–Crippen MR) is 54.7 cm³/mol. The van der Waals surface area contributed by atoms with E-state index in [4.69, 9.17) is 5.11 Å². The number of hydrogen-bond donors (Lipinski definition) is 3. The van der Waals surface area contributed by atoms with Crippen LogP contribution in [0.2, 0.25) is 0 Å². The largest absolute Gasteiger partial charge is 0.481 e. The van der Waals surface area contributed by atoms with E-state index in [0.29, 0.717) is 13.1 Å². The second-order valence-corrected chi connectivity index (χ2v) is 3.55. The van der Waals surface area contributed by atoms with Crippen LogP contribution >= 0.6 is 0 Å². The van der Waals surface area contributed by atoms with Crippen molar-refractivity contribution >= 4 is 17.8 Å². The fraction of sp³-hybridized carbons (Fsp3) is 0.667. The molecule has 1 aliphatic rings. The van der Waals surface area contributed by atoms with E-state index in [1.165, 1.54) is 7.05 Å². The first kappa shape index (κ1) is 12.4. The summed E-state index contributed by atoms with van der Waals surface area (Å²) in [6.45, 7) is 0.963. The van der Waals surface area contributed by atoms with Crippen LogP contribution in [0.5, 0.6) is 0 Å². The number of nitrogens with zero attached hydrogens (tertiary/aromatic N) is 1. The van der Waals surface area contributed by atoms with Crippen molar-refractivity contribution in [1.82, 2.24) is 15.5 Å². The van der Waals surface area contributed by atoms with Crippen molar-refractivity contribution < 1.29 is 19.5 Å². The summed E-state index contributed by atoms with van der Waals surface area (Å²) in [4.78, 5) is 34.8. The van der Waals surface area contributed by atoms with Gasteiger partial charge in [0.15, 0.2) is 0 Å². The highest BCUT2D eigenvalue weighted by atomic mass is 16.4. The minimum atomic E-state index is -1.05. The van der Waals surface area contributed by atoms with E-state index in [0.717, 1.165) is 0 Å². The van der Waals surface area contributed by atoms with Gasteiger partial charge in [0.25, 0.3) is 0 Å². The number of nitrogens with one attached hydrogen (secondary N) is 2. The third kappa shape index (κ3) is 3.20. The minimum absolute atomic E-state index is 0.0435. The summed E-state index contributed by atoms with van der Waals surface area (Å²) >= 11 is 0. The van der Waals surface area contributed by atoms with Gasteiger partial charge in [0.1, 0.15) is 6.04 Å². The van der Waals surface area contributed by atoms with Crippen molar-refractivity contribution in [3.8, 4) is 0 Å². The van der Waals surface area contributed by atoms with Gasteiger partial charge in [-0.2, -0.15) is 0 Å². The number of hydrogen-bond acceptors (Lipinski definition) is 4. The van der Waals surface area contributed by atoms with E-state index in [1.807, 2.05) is 0 Å². The average molecular weight is 229 g/mol. The van der Waals surface area contributed by atoms with E-state index in [2.05, 4.69) is 10.6 Å². The van der Waals surface area contributed by atoms with Gasteiger partial charge in [0.2, 0.25) is 11.8 Å². The van der Waals surface area contributed by atoms with E-state index in [-0.39, 0.29) is 24.8 Å². The summed E-state index contributed by atoms with van der Waals surface area (Å²) < 4.78 is 0. The molecule has 1 saturated heterocycles. The summed E-state index contributed by atoms with van der Waals surface area (Å²) in [6.07, 6.45) is -0.289. The SMILES string of the molecule is CNC(=O)CN1CCNC(=O)C1CC(=O)O. The third-order valence-electron chi connectivity index (χ3n) is 2.44. The molecule has 0 aliphatic carbocycles. The molecular formula is C9H15N3O4. The van der Waals surface area contributed by atoms with E-state index in [1.54, 1.807) is 4.90 Å². The van der Waals surface area contributed by atoms with Crippen molar-refractivity contribution in [2.45, 2.75) is 12.5 Å². The Balaban J connectivity index is 2.66. The second-order valence-electron chi connectivity index (χ2n) is 3.55. The van der Waals surface area contributed by atoms with Crippen molar-refractivity contribution in [3.63, 3.8) is 0 Å². The molecule has 1 unspecified atom stereocenters. The zero-order valence-electron chi connectivity index (χ0n) is 9.02. The summed E-state index contributed by atoms with van der Waals surface area (Å²) in [5.74, 6) is -1.62. The number of carbonyl (C=O) groups excluding carboxylic acids is 2. The van der Waals surface area contributed by atoms with Gasteiger partial charge in [0.05, 0.1) is 13.0 Å². The Labute approximate surface area is 92.8 Å². The first-order valence-corrected chi connectivity index (χ1v) is 4.98. The molecule has 7 heteroatoms. The minimum Gasteiger partial charge on any atom is -0.481 e. The zero-order chi connectivity index (χ0) is 12.1. The number of carboxylic acid groups (broad SMARTS) is 1. The maximum atomic E-state index is 11.5. The zero-order valence-corrected chi connectivity index (χ0v) is 9.02. The molecule has 16 heavy (non-hydrogen) atoms. The van der Waals surface area contributed by atoms with Crippen LogP contribution in [-0.4, -0.2) is 60.5 Å². The molecule has 0 aromatic heterocycles. The first-order valence-electron chi connectivity index (χ1n) is 4.98. The summed E-state index contributed by atoms with van der Waals surface area (Å²) in [6, 6.07) is -0.761. The molecule has 2 amide bonds. The van der Waals surface area contributed by atoms with E-state index < -0.39 is 12.0 Å². The average Bonchev–Trinajstić information content (AvgIpc) is 2.22. The van der Waals surface area contributed by atoms with Crippen LogP contribution in [0.15, 0.2) is 0 Å². The van der Waals surface area contributed by atoms with Gasteiger partial charge in [-0.25, -0.2) is 0 Å². The van der Waals surface area contributed by atoms with Crippen LogP contribution in [0.25, 0.3) is 0 Å². The molecule has 1 rings (SSSR count). The van der Waals surface area contributed by atoms with Crippen molar-refractivity contribution in [2.75, 3.05) is 26.7 Å². The molecule has 0 saturated carbocycles. The predicted octanol–water partition coefficient (Wildman–Crippen LogP) is -1.99. The van der Waals surface area contributed by atoms with E-state index in [9.17, 15) is 14.4 Å². The Kier molecular flexibility index (Phi) is 4.24.